The monoisotopic (exact) mass is 260 g/mol. The minimum atomic E-state index is -0.644. The number of hydrogen-bond donors (Lipinski definition) is 0. The van der Waals surface area contributed by atoms with Gasteiger partial charge in [0.25, 0.3) is 0 Å². The van der Waals surface area contributed by atoms with Crippen molar-refractivity contribution in [1.29, 1.82) is 0 Å². The summed E-state index contributed by atoms with van der Waals surface area (Å²) in [6, 6.07) is 2.55. The predicted octanol–water partition coefficient (Wildman–Crippen LogP) is 4.30. The first-order chi connectivity index (χ1) is 9.02. The molecule has 0 aromatic heterocycles. The number of ketones is 1. The lowest BCUT2D eigenvalue weighted by Gasteiger charge is -2.09. The molecule has 0 fully saturated rings. The number of carbonyl (C=O) groups excluding carboxylic acids is 1. The third kappa shape index (κ3) is 2.70. The summed E-state index contributed by atoms with van der Waals surface area (Å²) in [5, 5.41) is 0. The van der Waals surface area contributed by atoms with Crippen molar-refractivity contribution < 1.29 is 13.6 Å². The fourth-order valence-corrected chi connectivity index (χ4v) is 2.12. The third-order valence-electron chi connectivity index (χ3n) is 3.24. The SMILES string of the molecule is C=Cc1c(F)cc(C2=C(C)CCC(=O)C=C2)cc1F. The Hall–Kier alpha value is -2.03. The van der Waals surface area contributed by atoms with Crippen LogP contribution in [-0.4, -0.2) is 5.78 Å². The van der Waals surface area contributed by atoms with Crippen LogP contribution in [-0.2, 0) is 4.79 Å². The maximum atomic E-state index is 13.7. The van der Waals surface area contributed by atoms with Gasteiger partial charge in [0.1, 0.15) is 11.6 Å². The zero-order valence-electron chi connectivity index (χ0n) is 10.7. The van der Waals surface area contributed by atoms with Crippen LogP contribution in [0.4, 0.5) is 8.78 Å². The molecular weight excluding hydrogens is 246 g/mol. The fourth-order valence-electron chi connectivity index (χ4n) is 2.12. The zero-order valence-corrected chi connectivity index (χ0v) is 10.7. The molecular formula is C16H14F2O. The largest absolute Gasteiger partial charge is 0.295 e. The minimum Gasteiger partial charge on any atom is -0.295 e. The van der Waals surface area contributed by atoms with Crippen LogP contribution in [0.25, 0.3) is 11.6 Å². The molecule has 0 aliphatic heterocycles. The van der Waals surface area contributed by atoms with Gasteiger partial charge in [-0.3, -0.25) is 4.79 Å². The van der Waals surface area contributed by atoms with E-state index in [9.17, 15) is 13.6 Å². The second-order valence-electron chi connectivity index (χ2n) is 4.55. The van der Waals surface area contributed by atoms with E-state index in [1.165, 1.54) is 18.2 Å². The molecule has 0 spiro atoms. The highest BCUT2D eigenvalue weighted by molar-refractivity contribution is 5.95. The lowest BCUT2D eigenvalue weighted by molar-refractivity contribution is -0.114. The van der Waals surface area contributed by atoms with Gasteiger partial charge in [0, 0.05) is 12.0 Å². The Morgan fingerprint density at radius 3 is 2.37 bits per heavy atom. The maximum Gasteiger partial charge on any atom is 0.156 e. The standard InChI is InChI=1S/C16H14F2O/c1-3-13-15(17)8-11(9-16(13)18)14-7-6-12(19)5-4-10(14)2/h3,6-9H,1,4-5H2,2H3. The molecule has 0 heterocycles. The van der Waals surface area contributed by atoms with Gasteiger partial charge in [-0.25, -0.2) is 8.78 Å². The molecule has 0 bridgehead atoms. The molecule has 0 radical (unpaired) electrons. The van der Waals surface area contributed by atoms with Crippen LogP contribution in [0.5, 0.6) is 0 Å². The summed E-state index contributed by atoms with van der Waals surface area (Å²) in [6.45, 7) is 5.25. The molecule has 1 aromatic carbocycles. The molecule has 1 aliphatic rings. The summed E-state index contributed by atoms with van der Waals surface area (Å²) in [5.74, 6) is -1.26. The Kier molecular flexibility index (Phi) is 3.74. The van der Waals surface area contributed by atoms with Crippen molar-refractivity contribution in [3.63, 3.8) is 0 Å². The summed E-state index contributed by atoms with van der Waals surface area (Å²) < 4.78 is 27.5. The topological polar surface area (TPSA) is 17.1 Å². The van der Waals surface area contributed by atoms with Gasteiger partial charge in [-0.2, -0.15) is 0 Å². The molecule has 0 N–H and O–H groups in total. The van der Waals surface area contributed by atoms with E-state index in [-0.39, 0.29) is 11.3 Å². The van der Waals surface area contributed by atoms with E-state index >= 15 is 0 Å². The summed E-state index contributed by atoms with van der Waals surface area (Å²) in [5.41, 5.74) is 1.98. The highest BCUT2D eigenvalue weighted by atomic mass is 19.1. The summed E-state index contributed by atoms with van der Waals surface area (Å²) in [4.78, 5) is 11.4. The lowest BCUT2D eigenvalue weighted by Crippen LogP contribution is -1.94. The Balaban J connectivity index is 2.55. The van der Waals surface area contributed by atoms with Crippen molar-refractivity contribution in [3.05, 3.63) is 59.2 Å². The molecule has 1 aromatic rings. The van der Waals surface area contributed by atoms with Crippen molar-refractivity contribution >= 4 is 17.4 Å². The van der Waals surface area contributed by atoms with Crippen molar-refractivity contribution in [2.45, 2.75) is 19.8 Å². The van der Waals surface area contributed by atoms with Gasteiger partial charge in [-0.15, -0.1) is 0 Å². The molecule has 1 nitrogen and oxygen atoms in total. The van der Waals surface area contributed by atoms with Crippen LogP contribution in [0.3, 0.4) is 0 Å². The highest BCUT2D eigenvalue weighted by Crippen LogP contribution is 2.28. The molecule has 98 valence electrons. The van der Waals surface area contributed by atoms with E-state index in [0.29, 0.717) is 24.0 Å². The normalized spacial score (nSPS) is 15.6. The van der Waals surface area contributed by atoms with E-state index in [4.69, 9.17) is 0 Å². The van der Waals surface area contributed by atoms with Gasteiger partial charge >= 0.3 is 0 Å². The van der Waals surface area contributed by atoms with E-state index in [0.717, 1.165) is 11.6 Å². The van der Waals surface area contributed by atoms with Crippen LogP contribution in [0.2, 0.25) is 0 Å². The molecule has 1 aliphatic carbocycles. The Labute approximate surface area is 110 Å². The number of rotatable bonds is 2. The molecule has 19 heavy (non-hydrogen) atoms. The average molecular weight is 260 g/mol. The molecule has 0 saturated heterocycles. The van der Waals surface area contributed by atoms with E-state index < -0.39 is 11.6 Å². The second kappa shape index (κ2) is 5.31. The highest BCUT2D eigenvalue weighted by Gasteiger charge is 2.14. The average Bonchev–Trinajstić information content (AvgIpc) is 2.51. The second-order valence-corrected chi connectivity index (χ2v) is 4.55. The van der Waals surface area contributed by atoms with Crippen LogP contribution in [0.15, 0.2) is 36.4 Å². The molecule has 0 unspecified atom stereocenters. The Morgan fingerprint density at radius 2 is 1.79 bits per heavy atom. The summed E-state index contributed by atoms with van der Waals surface area (Å²) in [6.07, 6.45) is 5.28. The molecule has 0 atom stereocenters. The van der Waals surface area contributed by atoms with Crippen LogP contribution in [0, 0.1) is 11.6 Å². The van der Waals surface area contributed by atoms with Gasteiger partial charge in [0.15, 0.2) is 5.78 Å². The van der Waals surface area contributed by atoms with Gasteiger partial charge < -0.3 is 0 Å². The van der Waals surface area contributed by atoms with Crippen LogP contribution < -0.4 is 0 Å². The lowest BCUT2D eigenvalue weighted by atomic mass is 9.97. The summed E-state index contributed by atoms with van der Waals surface area (Å²) in [7, 11) is 0. The van der Waals surface area contributed by atoms with E-state index in [1.54, 1.807) is 6.08 Å². The quantitative estimate of drug-likeness (QED) is 0.774. The third-order valence-corrected chi connectivity index (χ3v) is 3.24. The molecule has 3 heteroatoms. The first-order valence-corrected chi connectivity index (χ1v) is 6.05. The minimum absolute atomic E-state index is 0.0259. The molecule has 2 rings (SSSR count). The number of allylic oxidation sites excluding steroid dienone is 4. The van der Waals surface area contributed by atoms with Crippen molar-refractivity contribution in [1.82, 2.24) is 0 Å². The first kappa shape index (κ1) is 13.4. The fraction of sp³-hybridized carbons (Fsp3) is 0.188. The zero-order chi connectivity index (χ0) is 14.0. The molecule has 0 amide bonds. The van der Waals surface area contributed by atoms with Crippen LogP contribution in [0.1, 0.15) is 30.9 Å². The summed E-state index contributed by atoms with van der Waals surface area (Å²) >= 11 is 0. The van der Waals surface area contributed by atoms with Gasteiger partial charge in [-0.05, 0) is 42.7 Å². The van der Waals surface area contributed by atoms with Crippen molar-refractivity contribution in [2.75, 3.05) is 0 Å². The Bertz CT molecular complexity index is 586. The predicted molar refractivity (Wildman–Crippen MR) is 72.4 cm³/mol. The van der Waals surface area contributed by atoms with Gasteiger partial charge in [0.2, 0.25) is 0 Å². The first-order valence-electron chi connectivity index (χ1n) is 6.05. The maximum absolute atomic E-state index is 13.7. The number of hydrogen-bond acceptors (Lipinski definition) is 1. The number of benzene rings is 1. The van der Waals surface area contributed by atoms with Gasteiger partial charge in [-0.1, -0.05) is 24.3 Å². The molecule has 0 saturated carbocycles. The smallest absolute Gasteiger partial charge is 0.156 e. The van der Waals surface area contributed by atoms with Gasteiger partial charge in [0.05, 0.1) is 0 Å². The van der Waals surface area contributed by atoms with Crippen LogP contribution >= 0.6 is 0 Å². The number of carbonyl (C=O) groups is 1. The van der Waals surface area contributed by atoms with E-state index in [1.807, 2.05) is 6.92 Å². The van der Waals surface area contributed by atoms with Crippen molar-refractivity contribution in [3.8, 4) is 0 Å². The number of halogens is 2. The van der Waals surface area contributed by atoms with E-state index in [2.05, 4.69) is 6.58 Å². The van der Waals surface area contributed by atoms with Crippen molar-refractivity contribution in [2.24, 2.45) is 0 Å². The Morgan fingerprint density at radius 1 is 1.16 bits per heavy atom.